The maximum atomic E-state index is 13.6. The third kappa shape index (κ3) is 4.00. The maximum Gasteiger partial charge on any atom is 0.275 e. The first kappa shape index (κ1) is 17.5. The second-order valence-corrected chi connectivity index (χ2v) is 5.81. The smallest absolute Gasteiger partial charge is 0.275 e. The van der Waals surface area contributed by atoms with Crippen molar-refractivity contribution >= 4 is 23.1 Å². The van der Waals surface area contributed by atoms with Crippen molar-refractivity contribution in [2.45, 2.75) is 13.8 Å². The molecule has 3 rings (SSSR count). The van der Waals surface area contributed by atoms with Crippen LogP contribution in [0.25, 0.3) is 0 Å². The summed E-state index contributed by atoms with van der Waals surface area (Å²) in [6.07, 6.45) is 2.69. The molecule has 1 heterocycles. The van der Waals surface area contributed by atoms with Gasteiger partial charge in [-0.1, -0.05) is 17.7 Å². The van der Waals surface area contributed by atoms with Crippen LogP contribution in [0.4, 0.5) is 26.0 Å². The Kier molecular flexibility index (Phi) is 4.88. The number of rotatable bonds is 4. The number of carbonyl (C=O) groups excluding carboxylic acids is 1. The molecule has 2 aromatic carbocycles. The highest BCUT2D eigenvalue weighted by atomic mass is 19.1. The molecule has 0 radical (unpaired) electrons. The standard InChI is InChI=1S/C19H16F2N4O/c1-11-3-5-15(12(2)7-11)24-18-10-22-17(9-23-18)19(26)25-16-6-4-13(20)8-14(16)21/h3-10H,1-2H3,(H,23,24)(H,25,26). The molecule has 2 N–H and O–H groups in total. The molecule has 5 nitrogen and oxygen atoms in total. The van der Waals surface area contributed by atoms with E-state index in [0.29, 0.717) is 11.9 Å². The predicted molar refractivity (Wildman–Crippen MR) is 95.5 cm³/mol. The third-order valence-corrected chi connectivity index (χ3v) is 3.71. The number of aromatic nitrogens is 2. The molecule has 0 atom stereocenters. The minimum atomic E-state index is -0.862. The third-order valence-electron chi connectivity index (χ3n) is 3.71. The highest BCUT2D eigenvalue weighted by molar-refractivity contribution is 6.02. The van der Waals surface area contributed by atoms with Gasteiger partial charge in [0.15, 0.2) is 0 Å². The summed E-state index contributed by atoms with van der Waals surface area (Å²) in [6, 6.07) is 8.84. The molecule has 0 aliphatic carbocycles. The van der Waals surface area contributed by atoms with Gasteiger partial charge in [-0.15, -0.1) is 0 Å². The molecule has 0 spiro atoms. The molecule has 0 fully saturated rings. The summed E-state index contributed by atoms with van der Waals surface area (Å²) in [4.78, 5) is 20.3. The van der Waals surface area contributed by atoms with E-state index in [1.54, 1.807) is 0 Å². The maximum absolute atomic E-state index is 13.6. The molecule has 0 saturated carbocycles. The van der Waals surface area contributed by atoms with Gasteiger partial charge in [0, 0.05) is 11.8 Å². The fraction of sp³-hybridized carbons (Fsp3) is 0.105. The Balaban J connectivity index is 1.71. The predicted octanol–water partition coefficient (Wildman–Crippen LogP) is 4.37. The molecule has 26 heavy (non-hydrogen) atoms. The topological polar surface area (TPSA) is 66.9 Å². The van der Waals surface area contributed by atoms with Crippen LogP contribution in [0.15, 0.2) is 48.8 Å². The van der Waals surface area contributed by atoms with Crippen LogP contribution in [0.2, 0.25) is 0 Å². The Morgan fingerprint density at radius 1 is 0.962 bits per heavy atom. The van der Waals surface area contributed by atoms with E-state index < -0.39 is 17.5 Å². The largest absolute Gasteiger partial charge is 0.339 e. The first-order valence-electron chi connectivity index (χ1n) is 7.85. The number of halogens is 2. The number of aryl methyl sites for hydroxylation is 2. The summed E-state index contributed by atoms with van der Waals surface area (Å²) in [5.41, 5.74) is 2.98. The molecule has 1 amide bonds. The molecule has 0 aliphatic heterocycles. The summed E-state index contributed by atoms with van der Waals surface area (Å²) < 4.78 is 26.5. The number of nitrogens with one attached hydrogen (secondary N) is 2. The van der Waals surface area contributed by atoms with Gasteiger partial charge < -0.3 is 10.6 Å². The van der Waals surface area contributed by atoms with Crippen LogP contribution in [0.5, 0.6) is 0 Å². The fourth-order valence-corrected chi connectivity index (χ4v) is 2.38. The average molecular weight is 354 g/mol. The molecule has 132 valence electrons. The van der Waals surface area contributed by atoms with E-state index in [2.05, 4.69) is 20.6 Å². The van der Waals surface area contributed by atoms with Gasteiger partial charge in [-0.25, -0.2) is 18.7 Å². The lowest BCUT2D eigenvalue weighted by Gasteiger charge is -2.10. The van der Waals surface area contributed by atoms with Gasteiger partial charge in [0.2, 0.25) is 0 Å². The zero-order chi connectivity index (χ0) is 18.7. The van der Waals surface area contributed by atoms with E-state index in [1.807, 2.05) is 32.0 Å². The molecule has 3 aromatic rings. The zero-order valence-electron chi connectivity index (χ0n) is 14.2. The molecular weight excluding hydrogens is 338 g/mol. The molecule has 0 aliphatic rings. The Morgan fingerprint density at radius 2 is 1.73 bits per heavy atom. The first-order valence-corrected chi connectivity index (χ1v) is 7.85. The van der Waals surface area contributed by atoms with E-state index in [1.165, 1.54) is 12.4 Å². The Morgan fingerprint density at radius 3 is 2.38 bits per heavy atom. The number of nitrogens with zero attached hydrogens (tertiary/aromatic N) is 2. The van der Waals surface area contributed by atoms with Crippen molar-refractivity contribution in [1.82, 2.24) is 9.97 Å². The van der Waals surface area contributed by atoms with Crippen molar-refractivity contribution in [2.24, 2.45) is 0 Å². The Labute approximate surface area is 149 Å². The number of benzene rings is 2. The van der Waals surface area contributed by atoms with E-state index >= 15 is 0 Å². The summed E-state index contributed by atoms with van der Waals surface area (Å²) in [7, 11) is 0. The summed E-state index contributed by atoms with van der Waals surface area (Å²) in [5.74, 6) is -1.75. The SMILES string of the molecule is Cc1ccc(Nc2cnc(C(=O)Nc3ccc(F)cc3F)cn2)c(C)c1. The lowest BCUT2D eigenvalue weighted by atomic mass is 10.1. The second kappa shape index (κ2) is 7.26. The van der Waals surface area contributed by atoms with Crippen molar-refractivity contribution in [2.75, 3.05) is 10.6 Å². The van der Waals surface area contributed by atoms with Crippen molar-refractivity contribution in [1.29, 1.82) is 0 Å². The molecular formula is C19H16F2N4O. The summed E-state index contributed by atoms with van der Waals surface area (Å²) in [5, 5.41) is 5.46. The highest BCUT2D eigenvalue weighted by Gasteiger charge is 2.12. The number of hydrogen-bond donors (Lipinski definition) is 2. The average Bonchev–Trinajstić information content (AvgIpc) is 2.60. The second-order valence-electron chi connectivity index (χ2n) is 5.81. The van der Waals surface area contributed by atoms with Crippen LogP contribution >= 0.6 is 0 Å². The minimum absolute atomic E-state index is 0.0138. The zero-order valence-corrected chi connectivity index (χ0v) is 14.2. The first-order chi connectivity index (χ1) is 12.4. The number of amides is 1. The van der Waals surface area contributed by atoms with E-state index in [0.717, 1.165) is 28.9 Å². The quantitative estimate of drug-likeness (QED) is 0.730. The van der Waals surface area contributed by atoms with Crippen LogP contribution < -0.4 is 10.6 Å². The van der Waals surface area contributed by atoms with Gasteiger partial charge in [-0.2, -0.15) is 0 Å². The van der Waals surface area contributed by atoms with Crippen LogP contribution in [-0.4, -0.2) is 15.9 Å². The van der Waals surface area contributed by atoms with E-state index in [9.17, 15) is 13.6 Å². The van der Waals surface area contributed by atoms with Gasteiger partial charge in [0.05, 0.1) is 18.1 Å². The van der Waals surface area contributed by atoms with Crippen LogP contribution in [0.3, 0.4) is 0 Å². The Hall–Kier alpha value is -3.35. The van der Waals surface area contributed by atoms with Gasteiger partial charge in [0.25, 0.3) is 5.91 Å². The summed E-state index contributed by atoms with van der Waals surface area (Å²) >= 11 is 0. The van der Waals surface area contributed by atoms with Crippen molar-refractivity contribution in [3.8, 4) is 0 Å². The van der Waals surface area contributed by atoms with Gasteiger partial charge in [-0.3, -0.25) is 4.79 Å². The van der Waals surface area contributed by atoms with Gasteiger partial charge in [0.1, 0.15) is 23.1 Å². The fourth-order valence-electron chi connectivity index (χ4n) is 2.38. The molecule has 0 bridgehead atoms. The van der Waals surface area contributed by atoms with Gasteiger partial charge in [-0.05, 0) is 37.6 Å². The van der Waals surface area contributed by atoms with Crippen molar-refractivity contribution in [3.63, 3.8) is 0 Å². The molecule has 7 heteroatoms. The lowest BCUT2D eigenvalue weighted by molar-refractivity contribution is 0.102. The normalized spacial score (nSPS) is 10.5. The van der Waals surface area contributed by atoms with Crippen LogP contribution in [-0.2, 0) is 0 Å². The van der Waals surface area contributed by atoms with Crippen molar-refractivity contribution in [3.05, 3.63) is 77.2 Å². The monoisotopic (exact) mass is 354 g/mol. The molecule has 0 saturated heterocycles. The van der Waals surface area contributed by atoms with Gasteiger partial charge >= 0.3 is 0 Å². The molecule has 0 unspecified atom stereocenters. The highest BCUT2D eigenvalue weighted by Crippen LogP contribution is 2.20. The van der Waals surface area contributed by atoms with E-state index in [-0.39, 0.29) is 11.4 Å². The van der Waals surface area contributed by atoms with Crippen molar-refractivity contribution < 1.29 is 13.6 Å². The molecule has 1 aromatic heterocycles. The van der Waals surface area contributed by atoms with Crippen LogP contribution in [0, 0.1) is 25.5 Å². The summed E-state index contributed by atoms with van der Waals surface area (Å²) in [6.45, 7) is 3.98. The lowest BCUT2D eigenvalue weighted by Crippen LogP contribution is -2.15. The number of anilines is 3. The number of hydrogen-bond acceptors (Lipinski definition) is 4. The minimum Gasteiger partial charge on any atom is -0.339 e. The Bertz CT molecular complexity index is 958. The number of carbonyl (C=O) groups is 1. The van der Waals surface area contributed by atoms with Crippen LogP contribution in [0.1, 0.15) is 21.6 Å². The van der Waals surface area contributed by atoms with E-state index in [4.69, 9.17) is 0 Å².